The molecule has 0 atom stereocenters. The quantitative estimate of drug-likeness (QED) is 0.778. The number of ether oxygens (including phenoxy) is 2. The molecule has 0 bridgehead atoms. The van der Waals surface area contributed by atoms with Crippen LogP contribution in [0.25, 0.3) is 0 Å². The van der Waals surface area contributed by atoms with E-state index in [1.807, 2.05) is 18.5 Å². The molecule has 1 aromatic rings. The molecule has 0 fully saturated rings. The Balaban J connectivity index is 2.81. The summed E-state index contributed by atoms with van der Waals surface area (Å²) >= 11 is 3.47. The van der Waals surface area contributed by atoms with E-state index in [1.165, 1.54) is 0 Å². The van der Waals surface area contributed by atoms with Gasteiger partial charge in [0.1, 0.15) is 0 Å². The van der Waals surface area contributed by atoms with Gasteiger partial charge in [-0.05, 0) is 29.8 Å². The lowest BCUT2D eigenvalue weighted by atomic mass is 10.4. The molecule has 0 spiro atoms. The van der Waals surface area contributed by atoms with Crippen molar-refractivity contribution in [1.82, 2.24) is 9.78 Å². The van der Waals surface area contributed by atoms with Crippen molar-refractivity contribution in [3.05, 3.63) is 15.9 Å². The third-order valence-corrected chi connectivity index (χ3v) is 3.29. The van der Waals surface area contributed by atoms with Gasteiger partial charge >= 0.3 is 0 Å². The molecule has 0 aliphatic rings. The molecule has 0 aliphatic heterocycles. The summed E-state index contributed by atoms with van der Waals surface area (Å²) in [7, 11) is 3.24. The number of nitrogens with zero attached hydrogens (tertiary/aromatic N) is 2. The van der Waals surface area contributed by atoms with Gasteiger partial charge in [-0.25, -0.2) is 0 Å². The first-order chi connectivity index (χ1) is 6.60. The smallest absolute Gasteiger partial charge is 0.176 e. The van der Waals surface area contributed by atoms with Gasteiger partial charge in [0.2, 0.25) is 0 Å². The van der Waals surface area contributed by atoms with E-state index in [2.05, 4.69) is 21.0 Å². The SMILES string of the molecule is COC(Cn1nc(C)c(Br)c1C)OC. The summed E-state index contributed by atoms with van der Waals surface area (Å²) in [4.78, 5) is 0. The van der Waals surface area contributed by atoms with E-state index in [0.29, 0.717) is 6.54 Å². The molecule has 0 saturated carbocycles. The van der Waals surface area contributed by atoms with Crippen LogP contribution in [0.4, 0.5) is 0 Å². The predicted octanol–water partition coefficient (Wildman–Crippen LogP) is 1.88. The maximum absolute atomic E-state index is 5.11. The second-order valence-electron chi connectivity index (χ2n) is 3.07. The van der Waals surface area contributed by atoms with Gasteiger partial charge in [0, 0.05) is 19.9 Å². The molecule has 1 rings (SSSR count). The van der Waals surface area contributed by atoms with Crippen LogP contribution in [0.3, 0.4) is 0 Å². The molecule has 0 unspecified atom stereocenters. The van der Waals surface area contributed by atoms with Crippen LogP contribution in [0.2, 0.25) is 0 Å². The minimum atomic E-state index is -0.250. The summed E-state index contributed by atoms with van der Waals surface area (Å²) in [6.45, 7) is 4.57. The Hall–Kier alpha value is -0.390. The summed E-state index contributed by atoms with van der Waals surface area (Å²) in [6, 6.07) is 0. The first-order valence-electron chi connectivity index (χ1n) is 4.35. The van der Waals surface area contributed by atoms with E-state index in [9.17, 15) is 0 Å². The van der Waals surface area contributed by atoms with Crippen molar-refractivity contribution in [1.29, 1.82) is 0 Å². The Morgan fingerprint density at radius 2 is 1.93 bits per heavy atom. The van der Waals surface area contributed by atoms with Crippen molar-refractivity contribution in [3.8, 4) is 0 Å². The molecule has 14 heavy (non-hydrogen) atoms. The van der Waals surface area contributed by atoms with Crippen LogP contribution < -0.4 is 0 Å². The third-order valence-electron chi connectivity index (χ3n) is 2.14. The van der Waals surface area contributed by atoms with E-state index >= 15 is 0 Å². The van der Waals surface area contributed by atoms with E-state index < -0.39 is 0 Å². The fourth-order valence-electron chi connectivity index (χ4n) is 1.24. The summed E-state index contributed by atoms with van der Waals surface area (Å²) in [6.07, 6.45) is -0.250. The van der Waals surface area contributed by atoms with E-state index in [-0.39, 0.29) is 6.29 Å². The maximum atomic E-state index is 5.11. The highest BCUT2D eigenvalue weighted by Crippen LogP contribution is 2.20. The Kier molecular flexibility index (Phi) is 4.10. The molecule has 1 heterocycles. The molecular formula is C9H15BrN2O2. The highest BCUT2D eigenvalue weighted by molar-refractivity contribution is 9.10. The maximum Gasteiger partial charge on any atom is 0.176 e. The van der Waals surface area contributed by atoms with Crippen LogP contribution >= 0.6 is 15.9 Å². The lowest BCUT2D eigenvalue weighted by molar-refractivity contribution is -0.112. The number of aromatic nitrogens is 2. The normalized spacial score (nSPS) is 11.3. The highest BCUT2D eigenvalue weighted by Gasteiger charge is 2.12. The number of hydrogen-bond acceptors (Lipinski definition) is 3. The first kappa shape index (κ1) is 11.7. The zero-order valence-electron chi connectivity index (χ0n) is 8.87. The zero-order valence-corrected chi connectivity index (χ0v) is 10.5. The standard InChI is InChI=1S/C9H15BrN2O2/c1-6-9(10)7(2)12(11-6)5-8(13-3)14-4/h8H,5H2,1-4H3. The van der Waals surface area contributed by atoms with Gasteiger partial charge in [-0.2, -0.15) is 5.10 Å². The van der Waals surface area contributed by atoms with Crippen LogP contribution in [0, 0.1) is 13.8 Å². The molecule has 4 nitrogen and oxygen atoms in total. The first-order valence-corrected chi connectivity index (χ1v) is 5.14. The average Bonchev–Trinajstić information content (AvgIpc) is 2.42. The van der Waals surface area contributed by atoms with Gasteiger partial charge in [0.05, 0.1) is 16.7 Å². The minimum Gasteiger partial charge on any atom is -0.354 e. The fraction of sp³-hybridized carbons (Fsp3) is 0.667. The van der Waals surface area contributed by atoms with Crippen LogP contribution in [-0.2, 0) is 16.0 Å². The van der Waals surface area contributed by atoms with Gasteiger partial charge in [-0.3, -0.25) is 4.68 Å². The number of halogens is 1. The summed E-state index contributed by atoms with van der Waals surface area (Å²) < 4.78 is 13.1. The lowest BCUT2D eigenvalue weighted by Gasteiger charge is -2.14. The molecule has 0 aliphatic carbocycles. The zero-order chi connectivity index (χ0) is 10.7. The van der Waals surface area contributed by atoms with Crippen molar-refractivity contribution < 1.29 is 9.47 Å². The van der Waals surface area contributed by atoms with Gasteiger partial charge in [0.15, 0.2) is 6.29 Å². The van der Waals surface area contributed by atoms with E-state index in [1.54, 1.807) is 14.2 Å². The Morgan fingerprint density at radius 3 is 2.29 bits per heavy atom. The van der Waals surface area contributed by atoms with Crippen molar-refractivity contribution in [3.63, 3.8) is 0 Å². The molecule has 0 radical (unpaired) electrons. The van der Waals surface area contributed by atoms with Crippen LogP contribution in [0.5, 0.6) is 0 Å². The summed E-state index contributed by atoms with van der Waals surface area (Å²) in [5.41, 5.74) is 2.06. The van der Waals surface area contributed by atoms with Crippen LogP contribution in [-0.4, -0.2) is 30.3 Å². The largest absolute Gasteiger partial charge is 0.354 e. The predicted molar refractivity (Wildman–Crippen MR) is 57.2 cm³/mol. The van der Waals surface area contributed by atoms with Gasteiger partial charge < -0.3 is 9.47 Å². The molecule has 1 aromatic heterocycles. The lowest BCUT2D eigenvalue weighted by Crippen LogP contribution is -2.22. The van der Waals surface area contributed by atoms with Crippen molar-refractivity contribution in [2.45, 2.75) is 26.7 Å². The second kappa shape index (κ2) is 4.91. The van der Waals surface area contributed by atoms with Crippen molar-refractivity contribution >= 4 is 15.9 Å². The highest BCUT2D eigenvalue weighted by atomic mass is 79.9. The number of hydrogen-bond donors (Lipinski definition) is 0. The monoisotopic (exact) mass is 262 g/mol. The van der Waals surface area contributed by atoms with E-state index in [4.69, 9.17) is 9.47 Å². The minimum absolute atomic E-state index is 0.250. The summed E-state index contributed by atoms with van der Waals surface area (Å²) in [5, 5.41) is 4.36. The van der Waals surface area contributed by atoms with Gasteiger partial charge in [0.25, 0.3) is 0 Å². The Morgan fingerprint density at radius 1 is 1.36 bits per heavy atom. The Labute approximate surface area is 92.3 Å². The molecule has 0 amide bonds. The average molecular weight is 263 g/mol. The second-order valence-corrected chi connectivity index (χ2v) is 3.86. The topological polar surface area (TPSA) is 36.3 Å². The fourth-order valence-corrected chi connectivity index (χ4v) is 1.52. The molecule has 0 aromatic carbocycles. The van der Waals surface area contributed by atoms with Gasteiger partial charge in [-0.1, -0.05) is 0 Å². The van der Waals surface area contributed by atoms with Crippen molar-refractivity contribution in [2.75, 3.05) is 14.2 Å². The molecule has 5 heteroatoms. The molecule has 0 N–H and O–H groups in total. The van der Waals surface area contributed by atoms with E-state index in [0.717, 1.165) is 15.9 Å². The third kappa shape index (κ3) is 2.34. The number of methoxy groups -OCH3 is 2. The van der Waals surface area contributed by atoms with Gasteiger partial charge in [-0.15, -0.1) is 0 Å². The molecule has 0 saturated heterocycles. The number of aryl methyl sites for hydroxylation is 1. The molecular weight excluding hydrogens is 248 g/mol. The molecule has 80 valence electrons. The summed E-state index contributed by atoms with van der Waals surface area (Å²) in [5.74, 6) is 0. The van der Waals surface area contributed by atoms with Crippen LogP contribution in [0.1, 0.15) is 11.4 Å². The Bertz CT molecular complexity index is 308. The van der Waals surface area contributed by atoms with Crippen molar-refractivity contribution in [2.24, 2.45) is 0 Å². The van der Waals surface area contributed by atoms with Crippen LogP contribution in [0.15, 0.2) is 4.47 Å². The number of rotatable bonds is 4.